The molecule has 20 heavy (non-hydrogen) atoms. The normalized spacial score (nSPS) is 15.9. The Kier molecular flexibility index (Phi) is 3.43. The molecule has 1 atom stereocenters. The standard InChI is InChI=1S/C17H19FN2/c1-11-3-10-16(12(2)19-11)20-17(13-4-5-13)14-6-8-15(18)9-7-14/h3,6-10,13,17,20H,4-5H2,1-2H3. The Bertz CT molecular complexity index is 603. The molecule has 0 bridgehead atoms. The van der Waals surface area contributed by atoms with E-state index in [1.54, 1.807) is 0 Å². The maximum atomic E-state index is 13.1. The molecule has 0 spiro atoms. The van der Waals surface area contributed by atoms with Gasteiger partial charge in [-0.05, 0) is 62.4 Å². The van der Waals surface area contributed by atoms with Crippen LogP contribution in [0.3, 0.4) is 0 Å². The third kappa shape index (κ3) is 2.82. The Morgan fingerprint density at radius 3 is 2.40 bits per heavy atom. The number of nitrogens with one attached hydrogen (secondary N) is 1. The number of hydrogen-bond acceptors (Lipinski definition) is 2. The summed E-state index contributed by atoms with van der Waals surface area (Å²) in [5.74, 6) is 0.456. The van der Waals surface area contributed by atoms with Crippen molar-refractivity contribution in [1.29, 1.82) is 0 Å². The maximum absolute atomic E-state index is 13.1. The first-order valence-corrected chi connectivity index (χ1v) is 7.10. The van der Waals surface area contributed by atoms with Crippen LogP contribution in [0.2, 0.25) is 0 Å². The third-order valence-corrected chi connectivity index (χ3v) is 3.86. The first-order valence-electron chi connectivity index (χ1n) is 7.10. The lowest BCUT2D eigenvalue weighted by Crippen LogP contribution is -2.14. The first-order chi connectivity index (χ1) is 9.63. The molecule has 2 nitrogen and oxygen atoms in total. The van der Waals surface area contributed by atoms with Gasteiger partial charge in [0.15, 0.2) is 0 Å². The topological polar surface area (TPSA) is 24.9 Å². The second kappa shape index (κ2) is 5.23. The lowest BCUT2D eigenvalue weighted by atomic mass is 10.0. The minimum Gasteiger partial charge on any atom is -0.376 e. The third-order valence-electron chi connectivity index (χ3n) is 3.86. The van der Waals surface area contributed by atoms with Crippen LogP contribution in [0.4, 0.5) is 10.1 Å². The molecule has 1 aromatic carbocycles. The van der Waals surface area contributed by atoms with Gasteiger partial charge in [0.2, 0.25) is 0 Å². The van der Waals surface area contributed by atoms with Crippen molar-refractivity contribution in [2.24, 2.45) is 5.92 Å². The van der Waals surface area contributed by atoms with Crippen LogP contribution in [-0.4, -0.2) is 4.98 Å². The van der Waals surface area contributed by atoms with Gasteiger partial charge in [-0.3, -0.25) is 4.98 Å². The first kappa shape index (κ1) is 13.1. The predicted octanol–water partition coefficient (Wildman–Crippen LogP) is 4.40. The summed E-state index contributed by atoms with van der Waals surface area (Å²) in [5, 5.41) is 3.59. The molecule has 1 aliphatic carbocycles. The summed E-state index contributed by atoms with van der Waals surface area (Å²) >= 11 is 0. The van der Waals surface area contributed by atoms with E-state index in [0.717, 1.165) is 22.6 Å². The van der Waals surface area contributed by atoms with Crippen LogP contribution in [0.15, 0.2) is 36.4 Å². The number of aryl methyl sites for hydroxylation is 2. The molecule has 0 aliphatic heterocycles. The van der Waals surface area contributed by atoms with E-state index in [1.165, 1.54) is 25.0 Å². The van der Waals surface area contributed by atoms with Crippen molar-refractivity contribution in [2.45, 2.75) is 32.7 Å². The highest BCUT2D eigenvalue weighted by Crippen LogP contribution is 2.43. The molecule has 1 saturated carbocycles. The molecule has 2 aromatic rings. The SMILES string of the molecule is Cc1ccc(NC(c2ccc(F)cc2)C2CC2)c(C)n1. The van der Waals surface area contributed by atoms with Crippen LogP contribution in [0.1, 0.15) is 35.8 Å². The highest BCUT2D eigenvalue weighted by Gasteiger charge is 2.32. The Hall–Kier alpha value is -1.90. The van der Waals surface area contributed by atoms with Gasteiger partial charge in [-0.15, -0.1) is 0 Å². The molecule has 3 rings (SSSR count). The van der Waals surface area contributed by atoms with E-state index in [1.807, 2.05) is 32.0 Å². The van der Waals surface area contributed by atoms with Crippen LogP contribution in [0.5, 0.6) is 0 Å². The summed E-state index contributed by atoms with van der Waals surface area (Å²) in [6.45, 7) is 4.01. The summed E-state index contributed by atoms with van der Waals surface area (Å²) in [6.07, 6.45) is 2.46. The average molecular weight is 270 g/mol. The Labute approximate surface area is 119 Å². The monoisotopic (exact) mass is 270 g/mol. The molecule has 1 heterocycles. The quantitative estimate of drug-likeness (QED) is 0.890. The summed E-state index contributed by atoms with van der Waals surface area (Å²) in [6, 6.07) is 11.2. The van der Waals surface area contributed by atoms with Crippen molar-refractivity contribution < 1.29 is 4.39 Å². The maximum Gasteiger partial charge on any atom is 0.123 e. The van der Waals surface area contributed by atoms with Crippen molar-refractivity contribution in [3.8, 4) is 0 Å². The smallest absolute Gasteiger partial charge is 0.123 e. The summed E-state index contributed by atoms with van der Waals surface area (Å²) in [5.41, 5.74) is 4.25. The Balaban J connectivity index is 1.86. The van der Waals surface area contributed by atoms with E-state index >= 15 is 0 Å². The van der Waals surface area contributed by atoms with Crippen molar-refractivity contribution in [3.63, 3.8) is 0 Å². The van der Waals surface area contributed by atoms with E-state index in [-0.39, 0.29) is 11.9 Å². The lowest BCUT2D eigenvalue weighted by Gasteiger charge is -2.21. The van der Waals surface area contributed by atoms with Crippen LogP contribution in [-0.2, 0) is 0 Å². The lowest BCUT2D eigenvalue weighted by molar-refractivity contribution is 0.622. The molecule has 1 aliphatic rings. The van der Waals surface area contributed by atoms with Crippen molar-refractivity contribution in [2.75, 3.05) is 5.32 Å². The van der Waals surface area contributed by atoms with E-state index in [0.29, 0.717) is 5.92 Å². The minimum absolute atomic E-state index is 0.184. The largest absolute Gasteiger partial charge is 0.376 e. The molecule has 1 aromatic heterocycles. The molecule has 1 N–H and O–H groups in total. The number of benzene rings is 1. The number of nitrogens with zero attached hydrogens (tertiary/aromatic N) is 1. The van der Waals surface area contributed by atoms with Crippen molar-refractivity contribution in [1.82, 2.24) is 4.98 Å². The van der Waals surface area contributed by atoms with Gasteiger partial charge in [0, 0.05) is 5.69 Å². The number of aromatic nitrogens is 1. The second-order valence-electron chi connectivity index (χ2n) is 5.60. The molecule has 1 fully saturated rings. The second-order valence-corrected chi connectivity index (χ2v) is 5.60. The molecule has 0 saturated heterocycles. The average Bonchev–Trinajstić information content (AvgIpc) is 3.24. The molecule has 0 radical (unpaired) electrons. The number of anilines is 1. The van der Waals surface area contributed by atoms with E-state index < -0.39 is 0 Å². The fourth-order valence-electron chi connectivity index (χ4n) is 2.58. The Morgan fingerprint density at radius 2 is 1.80 bits per heavy atom. The van der Waals surface area contributed by atoms with Crippen LogP contribution in [0.25, 0.3) is 0 Å². The summed E-state index contributed by atoms with van der Waals surface area (Å²) in [4.78, 5) is 4.49. The molecule has 104 valence electrons. The zero-order valence-electron chi connectivity index (χ0n) is 11.9. The van der Waals surface area contributed by atoms with Gasteiger partial charge in [-0.25, -0.2) is 4.39 Å². The number of rotatable bonds is 4. The zero-order valence-corrected chi connectivity index (χ0v) is 11.9. The van der Waals surface area contributed by atoms with Gasteiger partial charge in [-0.1, -0.05) is 12.1 Å². The van der Waals surface area contributed by atoms with Gasteiger partial charge in [0.05, 0.1) is 17.4 Å². The van der Waals surface area contributed by atoms with Crippen LogP contribution in [0, 0.1) is 25.6 Å². The molecule has 0 amide bonds. The van der Waals surface area contributed by atoms with Crippen LogP contribution < -0.4 is 5.32 Å². The van der Waals surface area contributed by atoms with Gasteiger partial charge < -0.3 is 5.32 Å². The van der Waals surface area contributed by atoms with Crippen molar-refractivity contribution in [3.05, 3.63) is 59.2 Å². The predicted molar refractivity (Wildman–Crippen MR) is 79.2 cm³/mol. The Morgan fingerprint density at radius 1 is 1.10 bits per heavy atom. The van der Waals surface area contributed by atoms with E-state index in [4.69, 9.17) is 0 Å². The molecular weight excluding hydrogens is 251 g/mol. The fraction of sp³-hybridized carbons (Fsp3) is 0.353. The van der Waals surface area contributed by atoms with Gasteiger partial charge in [0.25, 0.3) is 0 Å². The number of halogens is 1. The summed E-state index contributed by atoms with van der Waals surface area (Å²) < 4.78 is 13.1. The van der Waals surface area contributed by atoms with E-state index in [9.17, 15) is 4.39 Å². The van der Waals surface area contributed by atoms with Crippen LogP contribution >= 0.6 is 0 Å². The van der Waals surface area contributed by atoms with Gasteiger partial charge in [-0.2, -0.15) is 0 Å². The highest BCUT2D eigenvalue weighted by molar-refractivity contribution is 5.50. The van der Waals surface area contributed by atoms with E-state index in [2.05, 4.69) is 16.4 Å². The molecular formula is C17H19FN2. The minimum atomic E-state index is -0.184. The summed E-state index contributed by atoms with van der Waals surface area (Å²) in [7, 11) is 0. The highest BCUT2D eigenvalue weighted by atomic mass is 19.1. The van der Waals surface area contributed by atoms with Gasteiger partial charge >= 0.3 is 0 Å². The van der Waals surface area contributed by atoms with Crippen molar-refractivity contribution >= 4 is 5.69 Å². The fourth-order valence-corrected chi connectivity index (χ4v) is 2.58. The molecule has 3 heteroatoms. The molecule has 1 unspecified atom stereocenters. The zero-order chi connectivity index (χ0) is 14.1. The number of hydrogen-bond donors (Lipinski definition) is 1. The number of pyridine rings is 1. The van der Waals surface area contributed by atoms with Gasteiger partial charge in [0.1, 0.15) is 5.82 Å².